The van der Waals surface area contributed by atoms with Gasteiger partial charge in [0.2, 0.25) is 0 Å². The summed E-state index contributed by atoms with van der Waals surface area (Å²) in [5.41, 5.74) is 1.47. The average Bonchev–Trinajstić information content (AvgIpc) is 3.34. The molecule has 2 aromatic carbocycles. The number of carbonyl (C=O) groups is 1. The first-order valence-corrected chi connectivity index (χ1v) is 10.3. The third kappa shape index (κ3) is 5.06. The smallest absolute Gasteiger partial charge is 0.251 e. The van der Waals surface area contributed by atoms with E-state index < -0.39 is 5.82 Å². The first-order chi connectivity index (χ1) is 15.1. The summed E-state index contributed by atoms with van der Waals surface area (Å²) in [7, 11) is 1.66. The molecule has 1 saturated heterocycles. The molecule has 4 rings (SSSR count). The van der Waals surface area contributed by atoms with E-state index in [2.05, 4.69) is 27.2 Å². The van der Waals surface area contributed by atoms with Crippen molar-refractivity contribution in [3.05, 3.63) is 84.1 Å². The van der Waals surface area contributed by atoms with Crippen LogP contribution < -0.4 is 15.0 Å². The van der Waals surface area contributed by atoms with Gasteiger partial charge in [-0.15, -0.1) is 0 Å². The summed E-state index contributed by atoms with van der Waals surface area (Å²) in [6.07, 6.45) is 1.64. The van der Waals surface area contributed by atoms with Gasteiger partial charge in [0.25, 0.3) is 5.91 Å². The number of benzene rings is 2. The minimum atomic E-state index is -0.426. The Morgan fingerprint density at radius 1 is 1.10 bits per heavy atom. The molecule has 0 radical (unpaired) electrons. The lowest BCUT2D eigenvalue weighted by Gasteiger charge is -2.39. The van der Waals surface area contributed by atoms with Gasteiger partial charge >= 0.3 is 0 Å². The molecule has 1 amide bonds. The zero-order chi connectivity index (χ0) is 21.6. The number of amides is 1. The van der Waals surface area contributed by atoms with Crippen LogP contribution in [0.15, 0.2) is 71.3 Å². The van der Waals surface area contributed by atoms with E-state index in [1.165, 1.54) is 18.2 Å². The third-order valence-corrected chi connectivity index (χ3v) is 5.61. The highest BCUT2D eigenvalue weighted by Crippen LogP contribution is 2.25. The monoisotopic (exact) mass is 423 g/mol. The molecule has 0 saturated carbocycles. The zero-order valence-corrected chi connectivity index (χ0v) is 17.5. The van der Waals surface area contributed by atoms with Crippen molar-refractivity contribution in [3.8, 4) is 5.75 Å². The van der Waals surface area contributed by atoms with Crippen molar-refractivity contribution in [2.45, 2.75) is 6.04 Å². The Hall–Kier alpha value is -3.32. The average molecular weight is 423 g/mol. The number of methoxy groups -OCH3 is 1. The lowest BCUT2D eigenvalue weighted by atomic mass is 10.1. The number of rotatable bonds is 7. The van der Waals surface area contributed by atoms with Gasteiger partial charge in [-0.3, -0.25) is 9.69 Å². The first-order valence-electron chi connectivity index (χ1n) is 10.3. The molecule has 1 unspecified atom stereocenters. The van der Waals surface area contributed by atoms with Gasteiger partial charge in [-0.2, -0.15) is 0 Å². The van der Waals surface area contributed by atoms with Gasteiger partial charge in [-0.1, -0.05) is 6.07 Å². The van der Waals surface area contributed by atoms with E-state index in [9.17, 15) is 9.18 Å². The highest BCUT2D eigenvalue weighted by Gasteiger charge is 2.27. The lowest BCUT2D eigenvalue weighted by molar-refractivity contribution is 0.0922. The van der Waals surface area contributed by atoms with E-state index in [-0.39, 0.29) is 11.9 Å². The molecule has 0 bridgehead atoms. The van der Waals surface area contributed by atoms with Gasteiger partial charge in [0, 0.05) is 44.0 Å². The van der Waals surface area contributed by atoms with Gasteiger partial charge in [0.05, 0.1) is 19.4 Å². The van der Waals surface area contributed by atoms with Gasteiger partial charge < -0.3 is 19.4 Å². The van der Waals surface area contributed by atoms with Gasteiger partial charge in [-0.25, -0.2) is 4.39 Å². The molecular formula is C24H26FN3O3. The molecule has 1 fully saturated rings. The Bertz CT molecular complexity index is 984. The summed E-state index contributed by atoms with van der Waals surface area (Å²) >= 11 is 0. The molecule has 1 atom stereocenters. The predicted octanol–water partition coefficient (Wildman–Crippen LogP) is 3.72. The van der Waals surface area contributed by atoms with Crippen molar-refractivity contribution in [2.24, 2.45) is 0 Å². The number of furan rings is 1. The molecule has 31 heavy (non-hydrogen) atoms. The highest BCUT2D eigenvalue weighted by atomic mass is 19.1. The van der Waals surface area contributed by atoms with Crippen LogP contribution in [0.2, 0.25) is 0 Å². The summed E-state index contributed by atoms with van der Waals surface area (Å²) in [4.78, 5) is 17.1. The van der Waals surface area contributed by atoms with Crippen LogP contribution in [0.3, 0.4) is 0 Å². The number of halogens is 1. The van der Waals surface area contributed by atoms with Crippen molar-refractivity contribution in [2.75, 3.05) is 44.7 Å². The van der Waals surface area contributed by atoms with E-state index in [0.717, 1.165) is 43.4 Å². The largest absolute Gasteiger partial charge is 0.497 e. The summed E-state index contributed by atoms with van der Waals surface area (Å²) in [6.45, 7) is 3.76. The molecule has 3 aromatic rings. The first kappa shape index (κ1) is 20.9. The molecule has 2 heterocycles. The second-order valence-corrected chi connectivity index (χ2v) is 7.47. The zero-order valence-electron chi connectivity index (χ0n) is 17.5. The maximum Gasteiger partial charge on any atom is 0.251 e. The molecule has 1 N–H and O–H groups in total. The van der Waals surface area contributed by atoms with Gasteiger partial charge in [0.15, 0.2) is 0 Å². The second kappa shape index (κ2) is 9.66. The van der Waals surface area contributed by atoms with Crippen LogP contribution in [0, 0.1) is 5.82 Å². The fourth-order valence-electron chi connectivity index (χ4n) is 3.90. The Morgan fingerprint density at radius 3 is 2.52 bits per heavy atom. The minimum absolute atomic E-state index is 0.0921. The molecule has 7 heteroatoms. The van der Waals surface area contributed by atoms with Crippen molar-refractivity contribution in [3.63, 3.8) is 0 Å². The number of nitrogens with one attached hydrogen (secondary N) is 1. The number of ether oxygens (including phenoxy) is 1. The van der Waals surface area contributed by atoms with E-state index in [0.29, 0.717) is 12.1 Å². The lowest BCUT2D eigenvalue weighted by Crippen LogP contribution is -2.49. The quantitative estimate of drug-likeness (QED) is 0.628. The van der Waals surface area contributed by atoms with Crippen LogP contribution in [-0.4, -0.2) is 50.6 Å². The van der Waals surface area contributed by atoms with Crippen LogP contribution in [0.5, 0.6) is 5.75 Å². The molecule has 1 aliphatic heterocycles. The van der Waals surface area contributed by atoms with Gasteiger partial charge in [-0.05, 0) is 54.6 Å². The molecule has 6 nitrogen and oxygen atoms in total. The number of nitrogens with zero attached hydrogens (tertiary/aromatic N) is 2. The second-order valence-electron chi connectivity index (χ2n) is 7.47. The van der Waals surface area contributed by atoms with Crippen LogP contribution in [0.1, 0.15) is 22.2 Å². The molecular weight excluding hydrogens is 397 g/mol. The van der Waals surface area contributed by atoms with E-state index >= 15 is 0 Å². The number of anilines is 1. The number of hydrogen-bond donors (Lipinski definition) is 1. The standard InChI is InChI=1S/C24H26FN3O3/c1-30-21-9-7-20(8-10-21)27-11-13-28(14-12-27)22(23-6-3-15-31-23)17-26-24(29)18-4-2-5-19(25)16-18/h2-10,15-16,22H,11-14,17H2,1H3,(H,26,29). The van der Waals surface area contributed by atoms with Crippen LogP contribution >= 0.6 is 0 Å². The Morgan fingerprint density at radius 2 is 1.87 bits per heavy atom. The van der Waals surface area contributed by atoms with Crippen molar-refractivity contribution in [1.82, 2.24) is 10.2 Å². The third-order valence-electron chi connectivity index (χ3n) is 5.61. The highest BCUT2D eigenvalue weighted by molar-refractivity contribution is 5.94. The van der Waals surface area contributed by atoms with Gasteiger partial charge in [0.1, 0.15) is 17.3 Å². The van der Waals surface area contributed by atoms with Crippen molar-refractivity contribution in [1.29, 1.82) is 0 Å². The fourth-order valence-corrected chi connectivity index (χ4v) is 3.90. The normalized spacial score (nSPS) is 15.5. The van der Waals surface area contributed by atoms with Crippen molar-refractivity contribution >= 4 is 11.6 Å². The van der Waals surface area contributed by atoms with Crippen LogP contribution in [-0.2, 0) is 0 Å². The number of piperazine rings is 1. The predicted molar refractivity (Wildman–Crippen MR) is 117 cm³/mol. The summed E-state index contributed by atoms with van der Waals surface area (Å²) < 4.78 is 24.3. The topological polar surface area (TPSA) is 58.0 Å². The number of hydrogen-bond acceptors (Lipinski definition) is 5. The minimum Gasteiger partial charge on any atom is -0.497 e. The van der Waals surface area contributed by atoms with Crippen LogP contribution in [0.4, 0.5) is 10.1 Å². The number of carbonyl (C=O) groups excluding carboxylic acids is 1. The summed E-state index contributed by atoms with van der Waals surface area (Å²) in [5, 5.41) is 2.93. The van der Waals surface area contributed by atoms with Crippen LogP contribution in [0.25, 0.3) is 0 Å². The summed E-state index contributed by atoms with van der Waals surface area (Å²) in [6, 6.07) is 17.5. The molecule has 0 aliphatic carbocycles. The Kier molecular flexibility index (Phi) is 6.52. The SMILES string of the molecule is COc1ccc(N2CCN(C(CNC(=O)c3cccc(F)c3)c3ccco3)CC2)cc1. The summed E-state index contributed by atoms with van der Waals surface area (Å²) in [5.74, 6) is 0.921. The molecule has 1 aromatic heterocycles. The maximum atomic E-state index is 13.4. The Labute approximate surface area is 181 Å². The van der Waals surface area contributed by atoms with E-state index in [1.54, 1.807) is 19.4 Å². The van der Waals surface area contributed by atoms with E-state index in [4.69, 9.17) is 9.15 Å². The molecule has 1 aliphatic rings. The molecule has 162 valence electrons. The fraction of sp³-hybridized carbons (Fsp3) is 0.292. The Balaban J connectivity index is 1.40. The maximum absolute atomic E-state index is 13.4. The molecule has 0 spiro atoms. The van der Waals surface area contributed by atoms with E-state index in [1.807, 2.05) is 24.3 Å². The van der Waals surface area contributed by atoms with Crippen molar-refractivity contribution < 1.29 is 18.3 Å².